The predicted octanol–water partition coefficient (Wildman–Crippen LogP) is 1.95. The van der Waals surface area contributed by atoms with Crippen molar-refractivity contribution >= 4 is 23.3 Å². The van der Waals surface area contributed by atoms with Crippen LogP contribution in [0.2, 0.25) is 0 Å². The highest BCUT2D eigenvalue weighted by atomic mass is 16.5. The van der Waals surface area contributed by atoms with Crippen LogP contribution < -0.4 is 9.64 Å². The molecule has 118 valence electrons. The van der Waals surface area contributed by atoms with Crippen molar-refractivity contribution in [2.24, 2.45) is 0 Å². The van der Waals surface area contributed by atoms with E-state index in [4.69, 9.17) is 9.47 Å². The zero-order chi connectivity index (χ0) is 16.4. The molecule has 2 rings (SSSR count). The van der Waals surface area contributed by atoms with Gasteiger partial charge in [0.2, 0.25) is 0 Å². The number of anilines is 1. The van der Waals surface area contributed by atoms with Gasteiger partial charge in [0.25, 0.3) is 5.91 Å². The van der Waals surface area contributed by atoms with Gasteiger partial charge in [-0.3, -0.25) is 19.3 Å². The van der Waals surface area contributed by atoms with Gasteiger partial charge in [-0.25, -0.2) is 0 Å². The molecule has 0 saturated carbocycles. The van der Waals surface area contributed by atoms with Gasteiger partial charge in [0.15, 0.2) is 11.9 Å². The molecule has 1 atom stereocenters. The molecule has 1 aliphatic heterocycles. The van der Waals surface area contributed by atoms with Gasteiger partial charge in [-0.05, 0) is 45.9 Å². The number of hydrogen-bond donors (Lipinski definition) is 0. The second kappa shape index (κ2) is 6.17. The van der Waals surface area contributed by atoms with Crippen molar-refractivity contribution in [2.45, 2.75) is 39.9 Å². The molecular weight excluding hydrogens is 286 g/mol. The molecule has 1 aliphatic rings. The van der Waals surface area contributed by atoms with E-state index in [1.165, 1.54) is 11.8 Å². The first-order valence-electron chi connectivity index (χ1n) is 7.12. The summed E-state index contributed by atoms with van der Waals surface area (Å²) < 4.78 is 10.6. The molecule has 22 heavy (non-hydrogen) atoms. The zero-order valence-corrected chi connectivity index (χ0v) is 13.1. The largest absolute Gasteiger partial charge is 0.479 e. The third-order valence-electron chi connectivity index (χ3n) is 3.23. The smallest absolute Gasteiger partial charge is 0.326 e. The predicted molar refractivity (Wildman–Crippen MR) is 80.1 cm³/mol. The Balaban J connectivity index is 2.36. The molecule has 1 heterocycles. The van der Waals surface area contributed by atoms with Gasteiger partial charge in [-0.2, -0.15) is 0 Å². The highest BCUT2D eigenvalue weighted by Gasteiger charge is 2.33. The van der Waals surface area contributed by atoms with E-state index in [1.807, 2.05) is 0 Å². The van der Waals surface area contributed by atoms with Crippen molar-refractivity contribution in [3.8, 4) is 5.75 Å². The Kier molecular flexibility index (Phi) is 4.49. The fourth-order valence-electron chi connectivity index (χ4n) is 2.22. The molecule has 0 aliphatic carbocycles. The van der Waals surface area contributed by atoms with Crippen molar-refractivity contribution in [2.75, 3.05) is 11.4 Å². The van der Waals surface area contributed by atoms with Gasteiger partial charge in [0, 0.05) is 5.56 Å². The van der Waals surface area contributed by atoms with Crippen LogP contribution in [0.3, 0.4) is 0 Å². The minimum Gasteiger partial charge on any atom is -0.479 e. The van der Waals surface area contributed by atoms with Gasteiger partial charge >= 0.3 is 5.97 Å². The standard InChI is InChI=1S/C16H19NO5/c1-9(2)21-15(19)8-17-13-7-12(10(3)18)5-6-14(13)22-11(4)16(17)20/h5-7,9,11H,8H2,1-4H3. The second-order valence-corrected chi connectivity index (χ2v) is 5.46. The lowest BCUT2D eigenvalue weighted by molar-refractivity contribution is -0.146. The molecule has 1 amide bonds. The Bertz CT molecular complexity index is 623. The molecule has 0 saturated heterocycles. The normalized spacial score (nSPS) is 17.0. The first-order chi connectivity index (χ1) is 10.3. The number of rotatable bonds is 4. The fraction of sp³-hybridized carbons (Fsp3) is 0.438. The van der Waals surface area contributed by atoms with Gasteiger partial charge in [-0.15, -0.1) is 0 Å². The summed E-state index contributed by atoms with van der Waals surface area (Å²) in [5.41, 5.74) is 0.864. The molecule has 6 nitrogen and oxygen atoms in total. The Morgan fingerprint density at radius 1 is 1.36 bits per heavy atom. The van der Waals surface area contributed by atoms with Crippen LogP contribution >= 0.6 is 0 Å². The van der Waals surface area contributed by atoms with Crippen LogP contribution in [0, 0.1) is 0 Å². The number of carbonyl (C=O) groups is 3. The summed E-state index contributed by atoms with van der Waals surface area (Å²) in [4.78, 5) is 37.0. The highest BCUT2D eigenvalue weighted by Crippen LogP contribution is 2.35. The molecule has 0 N–H and O–H groups in total. The Labute approximate surface area is 129 Å². The summed E-state index contributed by atoms with van der Waals surface area (Å²) in [6.45, 7) is 6.32. The maximum Gasteiger partial charge on any atom is 0.326 e. The minimum atomic E-state index is -0.692. The number of esters is 1. The van der Waals surface area contributed by atoms with Gasteiger partial charge in [-0.1, -0.05) is 0 Å². The molecule has 0 bridgehead atoms. The number of benzene rings is 1. The summed E-state index contributed by atoms with van der Waals surface area (Å²) in [7, 11) is 0. The van der Waals surface area contributed by atoms with Crippen LogP contribution in [-0.4, -0.2) is 36.4 Å². The van der Waals surface area contributed by atoms with Gasteiger partial charge in [0.1, 0.15) is 12.3 Å². The van der Waals surface area contributed by atoms with Crippen LogP contribution in [0.15, 0.2) is 18.2 Å². The third kappa shape index (κ3) is 3.27. The van der Waals surface area contributed by atoms with Crippen molar-refractivity contribution in [3.63, 3.8) is 0 Å². The van der Waals surface area contributed by atoms with E-state index in [2.05, 4.69) is 0 Å². The number of Topliss-reactive ketones (excluding diaryl/α,β-unsaturated/α-hetero) is 1. The van der Waals surface area contributed by atoms with Crippen LogP contribution in [0.1, 0.15) is 38.1 Å². The average molecular weight is 305 g/mol. The number of ether oxygens (including phenoxy) is 2. The SMILES string of the molecule is CC(=O)c1ccc2c(c1)N(CC(=O)OC(C)C)C(=O)C(C)O2. The lowest BCUT2D eigenvalue weighted by Crippen LogP contribution is -2.47. The molecular formula is C16H19NO5. The third-order valence-corrected chi connectivity index (χ3v) is 3.23. The lowest BCUT2D eigenvalue weighted by Gasteiger charge is -2.32. The summed E-state index contributed by atoms with van der Waals surface area (Å²) in [5.74, 6) is -0.501. The fourth-order valence-corrected chi connectivity index (χ4v) is 2.22. The maximum absolute atomic E-state index is 12.3. The zero-order valence-electron chi connectivity index (χ0n) is 13.1. The molecule has 1 aromatic rings. The maximum atomic E-state index is 12.3. The minimum absolute atomic E-state index is 0.126. The first kappa shape index (κ1) is 16.0. The van der Waals surface area contributed by atoms with Crippen LogP contribution in [0.25, 0.3) is 0 Å². The molecule has 0 spiro atoms. The van der Waals surface area contributed by atoms with Crippen LogP contribution in [0.5, 0.6) is 5.75 Å². The summed E-state index contributed by atoms with van der Waals surface area (Å²) in [5, 5.41) is 0. The van der Waals surface area contributed by atoms with E-state index in [0.29, 0.717) is 17.0 Å². The monoisotopic (exact) mass is 305 g/mol. The molecule has 6 heteroatoms. The van der Waals surface area contributed by atoms with Crippen LogP contribution in [0.4, 0.5) is 5.69 Å². The van der Waals surface area contributed by atoms with E-state index in [0.717, 1.165) is 0 Å². The van der Waals surface area contributed by atoms with E-state index < -0.39 is 12.1 Å². The molecule has 0 fully saturated rings. The first-order valence-corrected chi connectivity index (χ1v) is 7.12. The number of hydrogen-bond acceptors (Lipinski definition) is 5. The lowest BCUT2D eigenvalue weighted by atomic mass is 10.1. The number of ketones is 1. The van der Waals surface area contributed by atoms with E-state index >= 15 is 0 Å². The summed E-state index contributed by atoms with van der Waals surface area (Å²) >= 11 is 0. The van der Waals surface area contributed by atoms with Crippen molar-refractivity contribution in [1.29, 1.82) is 0 Å². The van der Waals surface area contributed by atoms with Gasteiger partial charge in [0.05, 0.1) is 11.8 Å². The molecule has 0 aromatic heterocycles. The summed E-state index contributed by atoms with van der Waals surface area (Å²) in [6.07, 6.45) is -0.952. The Hall–Kier alpha value is -2.37. The molecule has 1 aromatic carbocycles. The Morgan fingerprint density at radius 3 is 2.64 bits per heavy atom. The number of amides is 1. The van der Waals surface area contributed by atoms with Crippen molar-refractivity contribution in [3.05, 3.63) is 23.8 Å². The van der Waals surface area contributed by atoms with E-state index in [1.54, 1.807) is 39.0 Å². The van der Waals surface area contributed by atoms with Crippen molar-refractivity contribution < 1.29 is 23.9 Å². The van der Waals surface area contributed by atoms with Gasteiger partial charge < -0.3 is 9.47 Å². The van der Waals surface area contributed by atoms with Crippen LogP contribution in [-0.2, 0) is 14.3 Å². The quantitative estimate of drug-likeness (QED) is 0.628. The van der Waals surface area contributed by atoms with E-state index in [-0.39, 0.29) is 24.3 Å². The number of carbonyl (C=O) groups excluding carboxylic acids is 3. The van der Waals surface area contributed by atoms with E-state index in [9.17, 15) is 14.4 Å². The molecule has 1 unspecified atom stereocenters. The van der Waals surface area contributed by atoms with Crippen molar-refractivity contribution in [1.82, 2.24) is 0 Å². The Morgan fingerprint density at radius 2 is 2.05 bits per heavy atom. The molecule has 0 radical (unpaired) electrons. The second-order valence-electron chi connectivity index (χ2n) is 5.46. The number of nitrogens with zero attached hydrogens (tertiary/aromatic N) is 1. The topological polar surface area (TPSA) is 72.9 Å². The average Bonchev–Trinajstić information content (AvgIpc) is 2.42. The highest BCUT2D eigenvalue weighted by molar-refractivity contribution is 6.04. The number of fused-ring (bicyclic) bond motifs is 1. The summed E-state index contributed by atoms with van der Waals surface area (Å²) in [6, 6.07) is 4.83.